The predicted octanol–water partition coefficient (Wildman–Crippen LogP) is 8.35. The van der Waals surface area contributed by atoms with Crippen molar-refractivity contribution in [1.29, 1.82) is 0 Å². The normalized spacial score (nSPS) is 17.9. The summed E-state index contributed by atoms with van der Waals surface area (Å²) in [6.07, 6.45) is -3.40. The molecule has 0 spiro atoms. The Morgan fingerprint density at radius 1 is 0.667 bits per heavy atom. The highest BCUT2D eigenvalue weighted by molar-refractivity contribution is 6.08. The molecule has 2 heterocycles. The lowest BCUT2D eigenvalue weighted by atomic mass is 9.92. The van der Waals surface area contributed by atoms with E-state index in [2.05, 4.69) is 5.32 Å². The number of carbonyl (C=O) groups is 4. The lowest BCUT2D eigenvalue weighted by Crippen LogP contribution is -2.82. The van der Waals surface area contributed by atoms with E-state index in [0.717, 1.165) is 10.5 Å². The number of ether oxygens (including phenoxy) is 6. The molecular weight excluding hydrogens is 837 g/mol. The molecule has 1 N–H and O–H groups in total. The number of likely N-dealkylation sites (tertiary alicyclic amines) is 1. The van der Waals surface area contributed by atoms with E-state index in [1.54, 1.807) is 38.1 Å². The number of epoxide rings is 1. The van der Waals surface area contributed by atoms with Crippen LogP contribution in [0.1, 0.15) is 65.4 Å². The quantitative estimate of drug-likeness (QED) is 0.0211. The molecule has 336 valence electrons. The zero-order valence-electron chi connectivity index (χ0n) is 36.8. The molecule has 2 aliphatic rings. The third-order valence-electron chi connectivity index (χ3n) is 11.3. The predicted molar refractivity (Wildman–Crippen MR) is 244 cm³/mol. The van der Waals surface area contributed by atoms with Crippen molar-refractivity contribution >= 4 is 23.8 Å². The van der Waals surface area contributed by atoms with Gasteiger partial charge in [0.05, 0.1) is 13.2 Å². The first-order valence-electron chi connectivity index (χ1n) is 21.7. The van der Waals surface area contributed by atoms with Gasteiger partial charge in [-0.25, -0.2) is 4.79 Å². The van der Waals surface area contributed by atoms with Crippen LogP contribution in [-0.4, -0.2) is 67.0 Å². The second kappa shape index (κ2) is 20.6. The second-order valence-corrected chi connectivity index (χ2v) is 16.1. The van der Waals surface area contributed by atoms with Crippen LogP contribution >= 0.6 is 0 Å². The standard InChI is InChI=1S/C54H50N2O10/c1-36(2)46(51(59)66-48(41-25-15-7-16-26-41)42-27-17-8-18-28-42)56-52(60)54(61-3,53(56)64-35-44-34-63-44)55-49(57)45(38-29-31-43(32-30-38)62-33-37-19-9-4-10-20-37)50(58)65-47(39-21-11-5-12-22-39)40-23-13-6-14-24-40/h4-32,44-45,47-48,53H,33-35H2,1-3H3,(H,55,57)/t44?,45?,53-,54+/m1/s1. The molecular formula is C54H50N2O10. The van der Waals surface area contributed by atoms with Crippen molar-refractivity contribution < 1.29 is 47.6 Å². The Morgan fingerprint density at radius 2 is 1.14 bits per heavy atom. The van der Waals surface area contributed by atoms with Crippen molar-refractivity contribution in [2.75, 3.05) is 20.3 Å². The van der Waals surface area contributed by atoms with Crippen LogP contribution in [-0.2, 0) is 49.5 Å². The van der Waals surface area contributed by atoms with Crippen LogP contribution in [0.15, 0.2) is 187 Å². The fourth-order valence-corrected chi connectivity index (χ4v) is 7.84. The van der Waals surface area contributed by atoms with E-state index in [9.17, 15) is 19.2 Å². The summed E-state index contributed by atoms with van der Waals surface area (Å²) in [4.78, 5) is 60.1. The van der Waals surface area contributed by atoms with E-state index >= 15 is 0 Å². The van der Waals surface area contributed by atoms with Gasteiger partial charge in [-0.15, -0.1) is 0 Å². The SMILES string of the molecule is CO[C@@]1(NC(=O)C(C(=O)OC(c2ccccc2)c2ccccc2)c2ccc(OCc3ccccc3)cc2)C(=O)N(C(C(=O)OC(c2ccccc2)c2ccccc2)=C(C)C)[C@@H]1OCC1CO1. The first-order valence-corrected chi connectivity index (χ1v) is 21.7. The molecule has 8 rings (SSSR count). The summed E-state index contributed by atoms with van der Waals surface area (Å²) in [5, 5.41) is 2.75. The van der Waals surface area contributed by atoms with Crippen LogP contribution in [0.5, 0.6) is 5.75 Å². The number of nitrogens with zero attached hydrogens (tertiary/aromatic N) is 1. The minimum Gasteiger partial charge on any atom is -0.489 e. The van der Waals surface area contributed by atoms with Crippen molar-refractivity contribution in [2.45, 2.75) is 56.6 Å². The molecule has 12 heteroatoms. The van der Waals surface area contributed by atoms with Gasteiger partial charge in [-0.2, -0.15) is 0 Å². The van der Waals surface area contributed by atoms with Gasteiger partial charge in [0.1, 0.15) is 24.2 Å². The molecule has 2 unspecified atom stereocenters. The van der Waals surface area contributed by atoms with E-state index < -0.39 is 53.8 Å². The van der Waals surface area contributed by atoms with Crippen LogP contribution in [0, 0.1) is 0 Å². The number of hydrogen-bond acceptors (Lipinski definition) is 10. The summed E-state index contributed by atoms with van der Waals surface area (Å²) in [5.74, 6) is -4.58. The largest absolute Gasteiger partial charge is 0.489 e. The zero-order valence-corrected chi connectivity index (χ0v) is 36.8. The van der Waals surface area contributed by atoms with E-state index in [-0.39, 0.29) is 24.0 Å². The average molecular weight is 887 g/mol. The summed E-state index contributed by atoms with van der Waals surface area (Å²) in [6.45, 7) is 4.06. The number of methoxy groups -OCH3 is 1. The van der Waals surface area contributed by atoms with E-state index in [4.69, 9.17) is 28.4 Å². The van der Waals surface area contributed by atoms with Gasteiger partial charge in [0, 0.05) is 7.11 Å². The Labute approximate surface area is 383 Å². The molecule has 66 heavy (non-hydrogen) atoms. The minimum absolute atomic E-state index is 0.00289. The first-order chi connectivity index (χ1) is 32.2. The summed E-state index contributed by atoms with van der Waals surface area (Å²) in [6, 6.07) is 53.1. The van der Waals surface area contributed by atoms with Crippen molar-refractivity contribution in [2.24, 2.45) is 0 Å². The number of benzene rings is 6. The molecule has 2 aliphatic heterocycles. The number of amides is 2. The van der Waals surface area contributed by atoms with Gasteiger partial charge in [0.2, 0.25) is 5.91 Å². The monoisotopic (exact) mass is 886 g/mol. The third kappa shape index (κ3) is 10.1. The molecule has 0 bridgehead atoms. The van der Waals surface area contributed by atoms with Crippen molar-refractivity contribution in [3.8, 4) is 5.75 Å². The molecule has 2 saturated heterocycles. The third-order valence-corrected chi connectivity index (χ3v) is 11.3. The number of hydrogen-bond donors (Lipinski definition) is 1. The number of β-lactam (4-membered cyclic amide) rings is 1. The van der Waals surface area contributed by atoms with Gasteiger partial charge < -0.3 is 33.7 Å². The lowest BCUT2D eigenvalue weighted by Gasteiger charge is -2.54. The molecule has 2 amide bonds. The maximum Gasteiger partial charge on any atom is 0.356 e. The molecule has 0 aromatic heterocycles. The highest BCUT2D eigenvalue weighted by atomic mass is 16.6. The molecule has 4 atom stereocenters. The maximum absolute atomic E-state index is 15.0. The molecule has 0 radical (unpaired) electrons. The van der Waals surface area contributed by atoms with Crippen LogP contribution in [0.4, 0.5) is 0 Å². The van der Waals surface area contributed by atoms with Gasteiger partial charge in [0.25, 0.3) is 11.6 Å². The Kier molecular flexibility index (Phi) is 14.1. The minimum atomic E-state index is -2.21. The van der Waals surface area contributed by atoms with Crippen molar-refractivity contribution in [3.05, 3.63) is 221 Å². The molecule has 6 aromatic rings. The van der Waals surface area contributed by atoms with Crippen LogP contribution < -0.4 is 10.1 Å². The number of nitrogens with one attached hydrogen (secondary N) is 1. The molecule has 6 aromatic carbocycles. The molecule has 0 saturated carbocycles. The van der Waals surface area contributed by atoms with Crippen LogP contribution in [0.3, 0.4) is 0 Å². The van der Waals surface area contributed by atoms with Gasteiger partial charge in [-0.3, -0.25) is 19.3 Å². The highest BCUT2D eigenvalue weighted by Crippen LogP contribution is 2.40. The fourth-order valence-electron chi connectivity index (χ4n) is 7.84. The molecule has 0 aliphatic carbocycles. The smallest absolute Gasteiger partial charge is 0.356 e. The summed E-state index contributed by atoms with van der Waals surface area (Å²) < 4.78 is 36.2. The zero-order chi connectivity index (χ0) is 46.0. The second-order valence-electron chi connectivity index (χ2n) is 16.1. The highest BCUT2D eigenvalue weighted by Gasteiger charge is 2.67. The maximum atomic E-state index is 15.0. The Balaban J connectivity index is 1.11. The van der Waals surface area contributed by atoms with E-state index in [1.165, 1.54) is 7.11 Å². The molecule has 2 fully saturated rings. The van der Waals surface area contributed by atoms with Crippen molar-refractivity contribution in [1.82, 2.24) is 10.2 Å². The topological polar surface area (TPSA) is 142 Å². The summed E-state index contributed by atoms with van der Waals surface area (Å²) >= 11 is 0. The average Bonchev–Trinajstić information content (AvgIpc) is 4.19. The van der Waals surface area contributed by atoms with Gasteiger partial charge in [-0.1, -0.05) is 164 Å². The van der Waals surface area contributed by atoms with E-state index in [0.29, 0.717) is 46.8 Å². The Bertz CT molecular complexity index is 2540. The lowest BCUT2D eigenvalue weighted by molar-refractivity contribution is -0.256. The van der Waals surface area contributed by atoms with Gasteiger partial charge in [-0.05, 0) is 64.9 Å². The Morgan fingerprint density at radius 3 is 1.59 bits per heavy atom. The first kappa shape index (κ1) is 45.2. The number of rotatable bonds is 19. The number of allylic oxidation sites excluding steroid dienone is 1. The molecule has 12 nitrogen and oxygen atoms in total. The van der Waals surface area contributed by atoms with Gasteiger partial charge in [0.15, 0.2) is 24.4 Å². The number of esters is 2. The van der Waals surface area contributed by atoms with Crippen LogP contribution in [0.2, 0.25) is 0 Å². The van der Waals surface area contributed by atoms with Gasteiger partial charge >= 0.3 is 11.9 Å². The van der Waals surface area contributed by atoms with Crippen molar-refractivity contribution in [3.63, 3.8) is 0 Å². The fraction of sp³-hybridized carbons (Fsp3) is 0.222. The summed E-state index contributed by atoms with van der Waals surface area (Å²) in [5.41, 5.74) is 2.13. The van der Waals surface area contributed by atoms with E-state index in [1.807, 2.05) is 152 Å². The number of carbonyl (C=O) groups excluding carboxylic acids is 4. The van der Waals surface area contributed by atoms with Crippen LogP contribution in [0.25, 0.3) is 0 Å². The Hall–Kier alpha value is -7.38. The summed E-state index contributed by atoms with van der Waals surface area (Å²) in [7, 11) is 1.24.